The molecule has 112 valence electrons. The van der Waals surface area contributed by atoms with Crippen molar-refractivity contribution in [1.82, 2.24) is 5.32 Å². The minimum absolute atomic E-state index is 0.164. The van der Waals surface area contributed by atoms with Gasteiger partial charge >= 0.3 is 0 Å². The van der Waals surface area contributed by atoms with Gasteiger partial charge in [0.15, 0.2) is 11.6 Å². The van der Waals surface area contributed by atoms with Gasteiger partial charge in [-0.15, -0.1) is 0 Å². The van der Waals surface area contributed by atoms with Crippen molar-refractivity contribution < 1.29 is 13.6 Å². The Hall–Kier alpha value is -1.49. The summed E-state index contributed by atoms with van der Waals surface area (Å²) in [5.41, 5.74) is 6.29. The molecule has 0 aromatic heterocycles. The van der Waals surface area contributed by atoms with Gasteiger partial charge < -0.3 is 11.1 Å². The highest BCUT2D eigenvalue weighted by Crippen LogP contribution is 2.20. The lowest BCUT2D eigenvalue weighted by Crippen LogP contribution is -2.40. The lowest BCUT2D eigenvalue weighted by atomic mass is 9.85. The highest BCUT2D eigenvalue weighted by atomic mass is 19.2. The van der Waals surface area contributed by atoms with Gasteiger partial charge in [-0.3, -0.25) is 4.79 Å². The largest absolute Gasteiger partial charge is 0.350 e. The Balaban J connectivity index is 2.64. The number of rotatable bonds is 4. The SMILES string of the molecule is CC(NC(=O)CC(N)C(C)(C)C)c1ccc(F)c(F)c1. The number of halogens is 2. The van der Waals surface area contributed by atoms with Crippen molar-refractivity contribution in [2.24, 2.45) is 11.1 Å². The molecule has 0 saturated carbocycles. The standard InChI is InChI=1S/C15H22F2N2O/c1-9(10-5-6-11(16)12(17)7-10)19-14(20)8-13(18)15(2,3)4/h5-7,9,13H,8,18H2,1-4H3,(H,19,20). The molecule has 0 fully saturated rings. The number of hydrogen-bond donors (Lipinski definition) is 2. The summed E-state index contributed by atoms with van der Waals surface area (Å²) in [7, 11) is 0. The Bertz CT molecular complexity index is 483. The third-order valence-corrected chi connectivity index (χ3v) is 3.34. The molecule has 0 spiro atoms. The fourth-order valence-corrected chi connectivity index (χ4v) is 1.67. The van der Waals surface area contributed by atoms with E-state index in [0.717, 1.165) is 12.1 Å². The van der Waals surface area contributed by atoms with Crippen LogP contribution in [0.25, 0.3) is 0 Å². The molecule has 2 unspecified atom stereocenters. The second-order valence-corrected chi connectivity index (χ2v) is 6.14. The average molecular weight is 284 g/mol. The predicted octanol–water partition coefficient (Wildman–Crippen LogP) is 2.91. The van der Waals surface area contributed by atoms with Crippen LogP contribution in [0.5, 0.6) is 0 Å². The van der Waals surface area contributed by atoms with Crippen LogP contribution in [0.3, 0.4) is 0 Å². The van der Waals surface area contributed by atoms with Gasteiger partial charge in [-0.05, 0) is 30.0 Å². The van der Waals surface area contributed by atoms with Crippen LogP contribution in [0.1, 0.15) is 45.7 Å². The molecule has 0 saturated heterocycles. The third-order valence-electron chi connectivity index (χ3n) is 3.34. The molecule has 5 heteroatoms. The van der Waals surface area contributed by atoms with Crippen molar-refractivity contribution >= 4 is 5.91 Å². The maximum Gasteiger partial charge on any atom is 0.222 e. The maximum atomic E-state index is 13.1. The number of benzene rings is 1. The number of carbonyl (C=O) groups excluding carboxylic acids is 1. The first-order valence-electron chi connectivity index (χ1n) is 6.61. The molecule has 20 heavy (non-hydrogen) atoms. The zero-order chi connectivity index (χ0) is 15.5. The van der Waals surface area contributed by atoms with Crippen molar-refractivity contribution in [1.29, 1.82) is 0 Å². The number of nitrogens with two attached hydrogens (primary N) is 1. The molecule has 3 nitrogen and oxygen atoms in total. The molecule has 0 bridgehead atoms. The topological polar surface area (TPSA) is 55.1 Å². The van der Waals surface area contributed by atoms with E-state index in [1.54, 1.807) is 6.92 Å². The van der Waals surface area contributed by atoms with Crippen LogP contribution in [0, 0.1) is 17.0 Å². The Morgan fingerprint density at radius 1 is 1.30 bits per heavy atom. The first-order valence-corrected chi connectivity index (χ1v) is 6.61. The van der Waals surface area contributed by atoms with Gasteiger partial charge in [0.05, 0.1) is 6.04 Å². The first kappa shape index (κ1) is 16.6. The van der Waals surface area contributed by atoms with Crippen molar-refractivity contribution in [2.75, 3.05) is 0 Å². The number of amides is 1. The van der Waals surface area contributed by atoms with E-state index in [1.165, 1.54) is 6.07 Å². The summed E-state index contributed by atoms with van der Waals surface area (Å²) in [5, 5.41) is 2.74. The first-order chi connectivity index (χ1) is 9.11. The fourth-order valence-electron chi connectivity index (χ4n) is 1.67. The summed E-state index contributed by atoms with van der Waals surface area (Å²) in [4.78, 5) is 11.9. The van der Waals surface area contributed by atoms with Crippen molar-refractivity contribution in [3.8, 4) is 0 Å². The Morgan fingerprint density at radius 3 is 2.40 bits per heavy atom. The monoisotopic (exact) mass is 284 g/mol. The highest BCUT2D eigenvalue weighted by molar-refractivity contribution is 5.77. The summed E-state index contributed by atoms with van der Waals surface area (Å²) < 4.78 is 26.0. The molecule has 0 aliphatic rings. The van der Waals surface area contributed by atoms with Gasteiger partial charge in [-0.25, -0.2) is 8.78 Å². The number of nitrogens with one attached hydrogen (secondary N) is 1. The van der Waals surface area contributed by atoms with Crippen LogP contribution >= 0.6 is 0 Å². The molecule has 1 aromatic carbocycles. The van der Waals surface area contributed by atoms with E-state index in [9.17, 15) is 13.6 Å². The lowest BCUT2D eigenvalue weighted by Gasteiger charge is -2.27. The van der Waals surface area contributed by atoms with Crippen LogP contribution in [-0.4, -0.2) is 11.9 Å². The van der Waals surface area contributed by atoms with E-state index < -0.39 is 17.7 Å². The Kier molecular flexibility index (Phi) is 5.22. The summed E-state index contributed by atoms with van der Waals surface area (Å²) in [6.45, 7) is 7.60. The second-order valence-electron chi connectivity index (χ2n) is 6.14. The predicted molar refractivity (Wildman–Crippen MR) is 75.0 cm³/mol. The lowest BCUT2D eigenvalue weighted by molar-refractivity contribution is -0.122. The van der Waals surface area contributed by atoms with E-state index >= 15 is 0 Å². The summed E-state index contributed by atoms with van der Waals surface area (Å²) in [6, 6.07) is 2.93. The molecule has 0 aliphatic carbocycles. The molecule has 0 aliphatic heterocycles. The van der Waals surface area contributed by atoms with E-state index in [4.69, 9.17) is 5.73 Å². The molecule has 0 radical (unpaired) electrons. The van der Waals surface area contributed by atoms with Crippen LogP contribution in [-0.2, 0) is 4.79 Å². The van der Waals surface area contributed by atoms with Gasteiger partial charge in [-0.1, -0.05) is 26.8 Å². The van der Waals surface area contributed by atoms with Crippen molar-refractivity contribution in [3.05, 3.63) is 35.4 Å². The minimum atomic E-state index is -0.921. The minimum Gasteiger partial charge on any atom is -0.350 e. The molecule has 3 N–H and O–H groups in total. The van der Waals surface area contributed by atoms with Crippen molar-refractivity contribution in [2.45, 2.75) is 46.2 Å². The van der Waals surface area contributed by atoms with Crippen LogP contribution in [0.2, 0.25) is 0 Å². The molecule has 0 heterocycles. The van der Waals surface area contributed by atoms with Gasteiger partial charge in [0.1, 0.15) is 0 Å². The number of carbonyl (C=O) groups is 1. The van der Waals surface area contributed by atoms with E-state index in [-0.39, 0.29) is 23.8 Å². The zero-order valence-corrected chi connectivity index (χ0v) is 12.3. The van der Waals surface area contributed by atoms with Gasteiger partial charge in [0, 0.05) is 12.5 Å². The quantitative estimate of drug-likeness (QED) is 0.893. The molecule has 1 rings (SSSR count). The van der Waals surface area contributed by atoms with E-state index in [2.05, 4.69) is 5.32 Å². The van der Waals surface area contributed by atoms with Gasteiger partial charge in [0.25, 0.3) is 0 Å². The average Bonchev–Trinajstić information content (AvgIpc) is 2.31. The molecular weight excluding hydrogens is 262 g/mol. The summed E-state index contributed by atoms with van der Waals surface area (Å²) in [5.74, 6) is -2.03. The normalized spacial score (nSPS) is 14.8. The van der Waals surface area contributed by atoms with E-state index in [0.29, 0.717) is 5.56 Å². The zero-order valence-electron chi connectivity index (χ0n) is 12.3. The summed E-state index contributed by atoms with van der Waals surface area (Å²) >= 11 is 0. The molecule has 1 amide bonds. The van der Waals surface area contributed by atoms with Gasteiger partial charge in [0.2, 0.25) is 5.91 Å². The highest BCUT2D eigenvalue weighted by Gasteiger charge is 2.23. The van der Waals surface area contributed by atoms with Gasteiger partial charge in [-0.2, -0.15) is 0 Å². The van der Waals surface area contributed by atoms with Crippen molar-refractivity contribution in [3.63, 3.8) is 0 Å². The molecular formula is C15H22F2N2O. The third kappa shape index (κ3) is 4.56. The Morgan fingerprint density at radius 2 is 1.90 bits per heavy atom. The smallest absolute Gasteiger partial charge is 0.222 e. The van der Waals surface area contributed by atoms with Crippen LogP contribution < -0.4 is 11.1 Å². The second kappa shape index (κ2) is 6.31. The fraction of sp³-hybridized carbons (Fsp3) is 0.533. The maximum absolute atomic E-state index is 13.1. The molecule has 1 aromatic rings. The van der Waals surface area contributed by atoms with Crippen LogP contribution in [0.4, 0.5) is 8.78 Å². The molecule has 2 atom stereocenters. The Labute approximate surface area is 118 Å². The van der Waals surface area contributed by atoms with Crippen LogP contribution in [0.15, 0.2) is 18.2 Å². The number of hydrogen-bond acceptors (Lipinski definition) is 2. The van der Waals surface area contributed by atoms with E-state index in [1.807, 2.05) is 20.8 Å². The summed E-state index contributed by atoms with van der Waals surface area (Å²) in [6.07, 6.45) is 0.192.